The maximum Gasteiger partial charge on any atom is 0.247 e. The van der Waals surface area contributed by atoms with E-state index in [1.807, 2.05) is 41.3 Å². The van der Waals surface area contributed by atoms with Gasteiger partial charge in [0.1, 0.15) is 11.9 Å². The topological polar surface area (TPSA) is 70.2 Å². The number of nitrogens with zero attached hydrogens (tertiary/aromatic N) is 3. The molecule has 29 heavy (non-hydrogen) atoms. The Morgan fingerprint density at radius 2 is 1.93 bits per heavy atom. The minimum Gasteiger partial charge on any atom is -0.352 e. The summed E-state index contributed by atoms with van der Waals surface area (Å²) in [7, 11) is 0. The van der Waals surface area contributed by atoms with Crippen LogP contribution in [0.25, 0.3) is 0 Å². The monoisotopic (exact) mass is 387 g/mol. The number of carbonyl (C=O) groups excluding carboxylic acids is 1. The van der Waals surface area contributed by atoms with Crippen LogP contribution in [-0.4, -0.2) is 29.0 Å². The van der Waals surface area contributed by atoms with Gasteiger partial charge in [-0.25, -0.2) is 4.98 Å². The number of benzene rings is 2. The fourth-order valence-electron chi connectivity index (χ4n) is 3.65. The van der Waals surface area contributed by atoms with Gasteiger partial charge in [-0.3, -0.25) is 4.79 Å². The lowest BCUT2D eigenvalue weighted by Gasteiger charge is -2.36. The summed E-state index contributed by atoms with van der Waals surface area (Å²) < 4.78 is 0. The molecule has 2 N–H and O–H groups in total. The number of anilines is 2. The highest BCUT2D eigenvalue weighted by Crippen LogP contribution is 2.28. The highest BCUT2D eigenvalue weighted by molar-refractivity contribution is 5.87. The zero-order valence-corrected chi connectivity index (χ0v) is 16.7. The number of hydrogen-bond acceptors (Lipinski definition) is 5. The summed E-state index contributed by atoms with van der Waals surface area (Å²) in [5, 5.41) is 6.29. The fourth-order valence-corrected chi connectivity index (χ4v) is 3.65. The molecule has 2 aromatic carbocycles. The molecule has 1 unspecified atom stereocenters. The number of piperazine rings is 1. The quantitative estimate of drug-likeness (QED) is 0.702. The third-order valence-electron chi connectivity index (χ3n) is 5.42. The molecular formula is C23H25N5O. The van der Waals surface area contributed by atoms with Gasteiger partial charge in [0, 0.05) is 25.8 Å². The van der Waals surface area contributed by atoms with Crippen molar-refractivity contribution in [3.05, 3.63) is 83.0 Å². The number of hydrogen-bond donors (Lipinski definition) is 2. The molecule has 1 atom stereocenters. The van der Waals surface area contributed by atoms with Gasteiger partial charge in [0.15, 0.2) is 0 Å². The Hall–Kier alpha value is -3.41. The third-order valence-corrected chi connectivity index (χ3v) is 5.42. The van der Waals surface area contributed by atoms with E-state index in [2.05, 4.69) is 47.7 Å². The molecule has 0 saturated carbocycles. The van der Waals surface area contributed by atoms with Crippen molar-refractivity contribution in [2.45, 2.75) is 26.4 Å². The van der Waals surface area contributed by atoms with E-state index < -0.39 is 6.04 Å². The largest absolute Gasteiger partial charge is 0.352 e. The minimum absolute atomic E-state index is 0.00837. The molecule has 2 heterocycles. The number of aryl methyl sites for hydroxylation is 1. The number of nitrogens with one attached hydrogen (secondary N) is 2. The Bertz CT molecular complexity index is 1010. The maximum atomic E-state index is 12.6. The molecule has 4 rings (SSSR count). The summed E-state index contributed by atoms with van der Waals surface area (Å²) in [5.74, 6) is 1.29. The van der Waals surface area contributed by atoms with Gasteiger partial charge < -0.3 is 15.5 Å². The molecule has 0 aliphatic carbocycles. The van der Waals surface area contributed by atoms with Crippen LogP contribution in [0.2, 0.25) is 0 Å². The van der Waals surface area contributed by atoms with E-state index in [4.69, 9.17) is 4.98 Å². The van der Waals surface area contributed by atoms with Gasteiger partial charge in [0.25, 0.3) is 0 Å². The van der Waals surface area contributed by atoms with E-state index in [0.29, 0.717) is 25.6 Å². The van der Waals surface area contributed by atoms with Gasteiger partial charge in [-0.05, 0) is 42.2 Å². The first-order chi connectivity index (χ1) is 14.1. The Kier molecular flexibility index (Phi) is 5.42. The number of carbonyl (C=O) groups is 1. The third kappa shape index (κ3) is 4.06. The lowest BCUT2D eigenvalue weighted by Crippen LogP contribution is -2.50. The molecule has 0 bridgehead atoms. The highest BCUT2D eigenvalue weighted by atomic mass is 16.2. The van der Waals surface area contributed by atoms with Crippen molar-refractivity contribution >= 4 is 17.7 Å². The van der Waals surface area contributed by atoms with Gasteiger partial charge in [-0.2, -0.15) is 4.98 Å². The molecular weight excluding hydrogens is 362 g/mol. The zero-order valence-electron chi connectivity index (χ0n) is 16.7. The van der Waals surface area contributed by atoms with E-state index in [9.17, 15) is 4.79 Å². The Balaban J connectivity index is 1.57. The summed E-state index contributed by atoms with van der Waals surface area (Å²) >= 11 is 0. The number of amides is 1. The SMILES string of the molecule is Cc1cccc(CNc2nccc(N3CCNC(=O)C3c3ccccc3)n2)c1C. The van der Waals surface area contributed by atoms with Crippen LogP contribution in [0.15, 0.2) is 60.8 Å². The molecule has 1 amide bonds. The predicted molar refractivity (Wildman–Crippen MR) is 115 cm³/mol. The van der Waals surface area contributed by atoms with Crippen LogP contribution in [0.1, 0.15) is 28.3 Å². The van der Waals surface area contributed by atoms with Crippen LogP contribution >= 0.6 is 0 Å². The van der Waals surface area contributed by atoms with E-state index >= 15 is 0 Å². The minimum atomic E-state index is -0.397. The standard InChI is InChI=1S/C23H25N5O/c1-16-7-6-10-19(17(16)2)15-26-23-25-12-11-20(27-23)28-14-13-24-22(29)21(28)18-8-4-3-5-9-18/h3-12,21H,13-15H2,1-2H3,(H,24,29)(H,25,26,27). The van der Waals surface area contributed by atoms with Crippen molar-refractivity contribution < 1.29 is 4.79 Å². The van der Waals surface area contributed by atoms with Crippen molar-refractivity contribution in [3.8, 4) is 0 Å². The molecule has 0 spiro atoms. The molecule has 0 radical (unpaired) electrons. The Morgan fingerprint density at radius 3 is 2.76 bits per heavy atom. The highest BCUT2D eigenvalue weighted by Gasteiger charge is 2.32. The van der Waals surface area contributed by atoms with E-state index in [-0.39, 0.29) is 5.91 Å². The van der Waals surface area contributed by atoms with Crippen LogP contribution in [0.3, 0.4) is 0 Å². The zero-order chi connectivity index (χ0) is 20.2. The van der Waals surface area contributed by atoms with Crippen molar-refractivity contribution in [3.63, 3.8) is 0 Å². The normalized spacial score (nSPS) is 16.4. The average molecular weight is 387 g/mol. The van der Waals surface area contributed by atoms with Crippen LogP contribution < -0.4 is 15.5 Å². The smallest absolute Gasteiger partial charge is 0.247 e. The molecule has 6 nitrogen and oxygen atoms in total. The molecule has 148 valence electrons. The van der Waals surface area contributed by atoms with Gasteiger partial charge >= 0.3 is 0 Å². The van der Waals surface area contributed by atoms with Crippen molar-refractivity contribution in [2.24, 2.45) is 0 Å². The van der Waals surface area contributed by atoms with Gasteiger partial charge in [-0.1, -0.05) is 48.5 Å². The first-order valence-corrected chi connectivity index (χ1v) is 9.85. The fraction of sp³-hybridized carbons (Fsp3) is 0.261. The van der Waals surface area contributed by atoms with Crippen LogP contribution in [0, 0.1) is 13.8 Å². The number of aromatic nitrogens is 2. The summed E-state index contributed by atoms with van der Waals surface area (Å²) in [6, 6.07) is 17.6. The van der Waals surface area contributed by atoms with Crippen LogP contribution in [0.4, 0.5) is 11.8 Å². The molecule has 1 aliphatic heterocycles. The van der Waals surface area contributed by atoms with E-state index in [1.54, 1.807) is 6.20 Å². The molecule has 1 aromatic heterocycles. The first kappa shape index (κ1) is 18.9. The van der Waals surface area contributed by atoms with Gasteiger partial charge in [0.05, 0.1) is 0 Å². The second-order valence-corrected chi connectivity index (χ2v) is 7.25. The van der Waals surface area contributed by atoms with Crippen LogP contribution in [-0.2, 0) is 11.3 Å². The number of rotatable bonds is 5. The lowest BCUT2D eigenvalue weighted by atomic mass is 10.0. The lowest BCUT2D eigenvalue weighted by molar-refractivity contribution is -0.123. The van der Waals surface area contributed by atoms with Gasteiger partial charge in [0.2, 0.25) is 11.9 Å². The molecule has 1 fully saturated rings. The predicted octanol–water partition coefficient (Wildman–Crippen LogP) is 3.38. The van der Waals surface area contributed by atoms with Gasteiger partial charge in [-0.15, -0.1) is 0 Å². The molecule has 1 aliphatic rings. The summed E-state index contributed by atoms with van der Waals surface area (Å²) in [6.45, 7) is 6.18. The second kappa shape index (κ2) is 8.31. The van der Waals surface area contributed by atoms with Crippen molar-refractivity contribution in [1.29, 1.82) is 0 Å². The molecule has 1 saturated heterocycles. The second-order valence-electron chi connectivity index (χ2n) is 7.25. The van der Waals surface area contributed by atoms with Crippen LogP contribution in [0.5, 0.6) is 0 Å². The summed E-state index contributed by atoms with van der Waals surface area (Å²) in [4.78, 5) is 23.7. The average Bonchev–Trinajstić information content (AvgIpc) is 2.75. The maximum absolute atomic E-state index is 12.6. The van der Waals surface area contributed by atoms with E-state index in [1.165, 1.54) is 16.7 Å². The summed E-state index contributed by atoms with van der Waals surface area (Å²) in [6.07, 6.45) is 1.74. The Labute approximate surface area is 171 Å². The molecule has 3 aromatic rings. The van der Waals surface area contributed by atoms with E-state index in [0.717, 1.165) is 11.4 Å². The molecule has 6 heteroatoms. The Morgan fingerprint density at radius 1 is 1.10 bits per heavy atom. The first-order valence-electron chi connectivity index (χ1n) is 9.85. The van der Waals surface area contributed by atoms with Crippen molar-refractivity contribution in [2.75, 3.05) is 23.3 Å². The summed E-state index contributed by atoms with van der Waals surface area (Å²) in [5.41, 5.74) is 4.71. The van der Waals surface area contributed by atoms with Crippen molar-refractivity contribution in [1.82, 2.24) is 15.3 Å².